The number of ether oxygens (including phenoxy) is 1. The molecular weight excluding hydrogens is 277 g/mol. The average Bonchev–Trinajstić information content (AvgIpc) is 2.49. The van der Waals surface area contributed by atoms with Gasteiger partial charge in [-0.25, -0.2) is 4.39 Å². The number of nitro groups is 1. The summed E-state index contributed by atoms with van der Waals surface area (Å²) in [5.74, 6) is -0.668. The third kappa shape index (κ3) is 3.65. The maximum Gasteiger partial charge on any atom is 0.313 e. The van der Waals surface area contributed by atoms with Crippen molar-refractivity contribution in [2.45, 2.75) is 6.42 Å². The molecule has 110 valence electrons. The fourth-order valence-corrected chi connectivity index (χ4v) is 1.87. The first kappa shape index (κ1) is 14.7. The van der Waals surface area contributed by atoms with Crippen LogP contribution in [0.3, 0.4) is 0 Å². The van der Waals surface area contributed by atoms with E-state index in [0.717, 1.165) is 11.6 Å². The molecule has 21 heavy (non-hydrogen) atoms. The fraction of sp³-hybridized carbons (Fsp3) is 0.214. The number of nitro benzene ring substituents is 1. The summed E-state index contributed by atoms with van der Waals surface area (Å²) in [6.45, 7) is 0.476. The largest absolute Gasteiger partial charge is 0.490 e. The zero-order valence-corrected chi connectivity index (χ0v) is 11.4. The zero-order chi connectivity index (χ0) is 15.2. The predicted molar refractivity (Wildman–Crippen MR) is 76.0 cm³/mol. The van der Waals surface area contributed by atoms with Crippen molar-refractivity contribution >= 4 is 11.4 Å². The molecule has 1 N–H and O–H groups in total. The van der Waals surface area contributed by atoms with Crippen LogP contribution in [0.2, 0.25) is 0 Å². The van der Waals surface area contributed by atoms with Crippen molar-refractivity contribution in [3.63, 3.8) is 0 Å². The molecule has 0 aliphatic heterocycles. The van der Waals surface area contributed by atoms with Gasteiger partial charge >= 0.3 is 5.69 Å². The molecule has 7 heteroatoms. The lowest BCUT2D eigenvalue weighted by molar-refractivity contribution is -0.385. The first-order valence-corrected chi connectivity index (χ1v) is 6.26. The third-order valence-electron chi connectivity index (χ3n) is 2.92. The van der Waals surface area contributed by atoms with E-state index in [4.69, 9.17) is 4.74 Å². The topological polar surface area (TPSA) is 77.3 Å². The van der Waals surface area contributed by atoms with Gasteiger partial charge in [-0.1, -0.05) is 6.07 Å². The molecule has 6 nitrogen and oxygen atoms in total. The molecule has 2 aromatic rings. The average molecular weight is 291 g/mol. The van der Waals surface area contributed by atoms with Crippen LogP contribution in [-0.2, 0) is 6.42 Å². The quantitative estimate of drug-likeness (QED) is 0.654. The second-order valence-electron chi connectivity index (χ2n) is 4.30. The molecule has 0 radical (unpaired) electrons. The molecule has 0 saturated heterocycles. The van der Waals surface area contributed by atoms with Crippen LogP contribution in [0, 0.1) is 15.9 Å². The van der Waals surface area contributed by atoms with Crippen LogP contribution in [-0.4, -0.2) is 23.6 Å². The van der Waals surface area contributed by atoms with Gasteiger partial charge < -0.3 is 10.1 Å². The van der Waals surface area contributed by atoms with E-state index >= 15 is 0 Å². The van der Waals surface area contributed by atoms with Gasteiger partial charge in [0.05, 0.1) is 23.8 Å². The second kappa shape index (κ2) is 6.65. The summed E-state index contributed by atoms with van der Waals surface area (Å²) in [6, 6.07) is 5.88. The van der Waals surface area contributed by atoms with E-state index in [2.05, 4.69) is 10.3 Å². The Bertz CT molecular complexity index is 635. The number of nitrogens with zero attached hydrogens (tertiary/aromatic N) is 2. The summed E-state index contributed by atoms with van der Waals surface area (Å²) >= 11 is 0. The van der Waals surface area contributed by atoms with Gasteiger partial charge in [0.25, 0.3) is 0 Å². The number of rotatable bonds is 6. The molecule has 0 aliphatic carbocycles. The van der Waals surface area contributed by atoms with Crippen molar-refractivity contribution in [2.24, 2.45) is 0 Å². The number of anilines is 1. The molecular formula is C14H14FN3O3. The molecule has 1 aromatic carbocycles. The minimum absolute atomic E-state index is 0.0188. The highest BCUT2D eigenvalue weighted by atomic mass is 19.1. The maximum atomic E-state index is 13.8. The lowest BCUT2D eigenvalue weighted by Gasteiger charge is -2.09. The molecule has 0 fully saturated rings. The van der Waals surface area contributed by atoms with Gasteiger partial charge in [0, 0.05) is 25.0 Å². The van der Waals surface area contributed by atoms with E-state index in [1.165, 1.54) is 13.2 Å². The number of hydrogen-bond acceptors (Lipinski definition) is 5. The summed E-state index contributed by atoms with van der Waals surface area (Å²) in [5.41, 5.74) is 0.786. The van der Waals surface area contributed by atoms with Crippen molar-refractivity contribution < 1.29 is 14.1 Å². The number of methoxy groups -OCH3 is 1. The Hall–Kier alpha value is -2.70. The van der Waals surface area contributed by atoms with Crippen molar-refractivity contribution in [3.05, 3.63) is 58.2 Å². The highest BCUT2D eigenvalue weighted by molar-refractivity contribution is 5.59. The van der Waals surface area contributed by atoms with E-state index in [9.17, 15) is 14.5 Å². The molecule has 0 amide bonds. The Morgan fingerprint density at radius 3 is 2.90 bits per heavy atom. The highest BCUT2D eigenvalue weighted by Crippen LogP contribution is 2.32. The van der Waals surface area contributed by atoms with E-state index < -0.39 is 16.4 Å². The first-order chi connectivity index (χ1) is 10.1. The van der Waals surface area contributed by atoms with Crippen molar-refractivity contribution in [1.82, 2.24) is 4.98 Å². The fourth-order valence-electron chi connectivity index (χ4n) is 1.87. The number of halogens is 1. The second-order valence-corrected chi connectivity index (χ2v) is 4.30. The van der Waals surface area contributed by atoms with Gasteiger partial charge in [0.2, 0.25) is 0 Å². The smallest absolute Gasteiger partial charge is 0.313 e. The molecule has 0 saturated carbocycles. The van der Waals surface area contributed by atoms with Gasteiger partial charge in [-0.2, -0.15) is 0 Å². The molecule has 2 rings (SSSR count). The number of nitrogens with one attached hydrogen (secondary N) is 1. The highest BCUT2D eigenvalue weighted by Gasteiger charge is 2.18. The van der Waals surface area contributed by atoms with E-state index in [-0.39, 0.29) is 11.4 Å². The lowest BCUT2D eigenvalue weighted by atomic mass is 10.2. The summed E-state index contributed by atoms with van der Waals surface area (Å²) in [5, 5.41) is 13.7. The van der Waals surface area contributed by atoms with Gasteiger partial charge in [-0.15, -0.1) is 0 Å². The van der Waals surface area contributed by atoms with E-state index in [0.29, 0.717) is 13.0 Å². The summed E-state index contributed by atoms with van der Waals surface area (Å²) in [6.07, 6.45) is 4.07. The lowest BCUT2D eigenvalue weighted by Crippen LogP contribution is -2.07. The van der Waals surface area contributed by atoms with Crippen LogP contribution in [0.25, 0.3) is 0 Å². The number of benzene rings is 1. The van der Waals surface area contributed by atoms with Crippen molar-refractivity contribution in [1.29, 1.82) is 0 Å². The van der Waals surface area contributed by atoms with Crippen LogP contribution >= 0.6 is 0 Å². The predicted octanol–water partition coefficient (Wildman–Crippen LogP) is 2.79. The van der Waals surface area contributed by atoms with Gasteiger partial charge in [0.1, 0.15) is 0 Å². The standard InChI is InChI=1S/C14H14FN3O3/c1-21-14-8-12(11(15)7-13(14)18(19)20)17-6-4-10-3-2-5-16-9-10/h2-3,5,7-9,17H,4,6H2,1H3. The molecule has 0 bridgehead atoms. The minimum Gasteiger partial charge on any atom is -0.490 e. The van der Waals surface area contributed by atoms with Gasteiger partial charge in [0.15, 0.2) is 11.6 Å². The molecule has 1 heterocycles. The van der Waals surface area contributed by atoms with Crippen LogP contribution < -0.4 is 10.1 Å². The Morgan fingerprint density at radius 2 is 2.29 bits per heavy atom. The number of aromatic nitrogens is 1. The van der Waals surface area contributed by atoms with E-state index in [1.807, 2.05) is 12.1 Å². The van der Waals surface area contributed by atoms with Gasteiger partial charge in [-0.3, -0.25) is 15.1 Å². The molecule has 0 aliphatic rings. The summed E-state index contributed by atoms with van der Waals surface area (Å²) < 4.78 is 18.7. The Balaban J connectivity index is 2.08. The monoisotopic (exact) mass is 291 g/mol. The Labute approximate surface area is 120 Å². The zero-order valence-electron chi connectivity index (χ0n) is 11.4. The molecule has 1 aromatic heterocycles. The third-order valence-corrected chi connectivity index (χ3v) is 2.92. The minimum atomic E-state index is -0.686. The maximum absolute atomic E-state index is 13.8. The van der Waals surface area contributed by atoms with Crippen LogP contribution in [0.5, 0.6) is 5.75 Å². The molecule has 0 atom stereocenters. The first-order valence-electron chi connectivity index (χ1n) is 6.26. The SMILES string of the molecule is COc1cc(NCCc2cccnc2)c(F)cc1[N+](=O)[O-]. The Morgan fingerprint density at radius 1 is 1.48 bits per heavy atom. The van der Waals surface area contributed by atoms with Crippen molar-refractivity contribution in [3.8, 4) is 5.75 Å². The molecule has 0 unspecified atom stereocenters. The summed E-state index contributed by atoms with van der Waals surface area (Å²) in [7, 11) is 1.31. The van der Waals surface area contributed by atoms with Crippen LogP contribution in [0.1, 0.15) is 5.56 Å². The van der Waals surface area contributed by atoms with Crippen molar-refractivity contribution in [2.75, 3.05) is 19.0 Å². The normalized spacial score (nSPS) is 10.2. The van der Waals surface area contributed by atoms with Gasteiger partial charge in [-0.05, 0) is 18.1 Å². The van der Waals surface area contributed by atoms with Crippen LogP contribution in [0.15, 0.2) is 36.7 Å². The summed E-state index contributed by atoms with van der Waals surface area (Å²) in [4.78, 5) is 14.1. The molecule has 0 spiro atoms. The van der Waals surface area contributed by atoms with E-state index in [1.54, 1.807) is 12.4 Å². The van der Waals surface area contributed by atoms with Crippen LogP contribution in [0.4, 0.5) is 15.8 Å². The Kier molecular flexibility index (Phi) is 4.65. The number of pyridine rings is 1. The number of hydrogen-bond donors (Lipinski definition) is 1.